The van der Waals surface area contributed by atoms with Crippen LogP contribution >= 0.6 is 15.9 Å². The number of nitrogens with two attached hydrogens (primary N) is 1. The molecule has 0 aromatic heterocycles. The first kappa shape index (κ1) is 10.0. The summed E-state index contributed by atoms with van der Waals surface area (Å²) >= 11 is 3.13. The highest BCUT2D eigenvalue weighted by Crippen LogP contribution is 2.26. The van der Waals surface area contributed by atoms with Crippen LogP contribution in [0.25, 0.3) is 0 Å². The van der Waals surface area contributed by atoms with Crippen molar-refractivity contribution >= 4 is 21.9 Å². The van der Waals surface area contributed by atoms with Crippen LogP contribution in [-0.2, 0) is 4.79 Å². The first-order valence-electron chi connectivity index (χ1n) is 3.49. The maximum atomic E-state index is 10.5. The van der Waals surface area contributed by atoms with E-state index in [1.54, 1.807) is 6.07 Å². The van der Waals surface area contributed by atoms with E-state index in [2.05, 4.69) is 15.9 Å². The molecular formula is C8H8BrNO3. The SMILES string of the molecule is NC(C(=O)O)c1ccc(Br)cc1O. The molecule has 5 heteroatoms. The highest BCUT2D eigenvalue weighted by Gasteiger charge is 2.17. The molecule has 0 aliphatic rings. The predicted octanol–water partition coefficient (Wildman–Crippen LogP) is 1.24. The zero-order valence-corrected chi connectivity index (χ0v) is 8.15. The molecule has 13 heavy (non-hydrogen) atoms. The lowest BCUT2D eigenvalue weighted by atomic mass is 10.1. The maximum absolute atomic E-state index is 10.5. The van der Waals surface area contributed by atoms with Crippen LogP contribution < -0.4 is 5.73 Å². The average molecular weight is 246 g/mol. The summed E-state index contributed by atoms with van der Waals surface area (Å²) in [6.45, 7) is 0. The largest absolute Gasteiger partial charge is 0.508 e. The number of benzene rings is 1. The number of hydrogen-bond acceptors (Lipinski definition) is 3. The fourth-order valence-corrected chi connectivity index (χ4v) is 1.26. The Morgan fingerprint density at radius 2 is 2.15 bits per heavy atom. The molecule has 1 rings (SSSR count). The lowest BCUT2D eigenvalue weighted by Gasteiger charge is -2.08. The third-order valence-corrected chi connectivity index (χ3v) is 2.09. The van der Waals surface area contributed by atoms with Crippen LogP contribution in [0.5, 0.6) is 5.75 Å². The Morgan fingerprint density at radius 3 is 2.62 bits per heavy atom. The lowest BCUT2D eigenvalue weighted by molar-refractivity contribution is -0.138. The van der Waals surface area contributed by atoms with Crippen molar-refractivity contribution in [1.82, 2.24) is 0 Å². The lowest BCUT2D eigenvalue weighted by Crippen LogP contribution is -2.20. The van der Waals surface area contributed by atoms with Crippen molar-refractivity contribution in [1.29, 1.82) is 0 Å². The van der Waals surface area contributed by atoms with Gasteiger partial charge in [0.1, 0.15) is 11.8 Å². The minimum absolute atomic E-state index is 0.121. The van der Waals surface area contributed by atoms with Gasteiger partial charge in [0, 0.05) is 10.0 Å². The van der Waals surface area contributed by atoms with Gasteiger partial charge in [0.05, 0.1) is 0 Å². The molecule has 4 nitrogen and oxygen atoms in total. The van der Waals surface area contributed by atoms with Crippen molar-refractivity contribution < 1.29 is 15.0 Å². The molecule has 0 bridgehead atoms. The maximum Gasteiger partial charge on any atom is 0.325 e. The molecule has 1 aromatic carbocycles. The van der Waals surface area contributed by atoms with Crippen LogP contribution in [0, 0.1) is 0 Å². The fourth-order valence-electron chi connectivity index (χ4n) is 0.913. The molecule has 0 heterocycles. The second kappa shape index (κ2) is 3.76. The van der Waals surface area contributed by atoms with Gasteiger partial charge in [-0.2, -0.15) is 0 Å². The Hall–Kier alpha value is -1.07. The molecule has 1 aromatic rings. The molecule has 70 valence electrons. The summed E-state index contributed by atoms with van der Waals surface area (Å²) in [5, 5.41) is 17.9. The van der Waals surface area contributed by atoms with Gasteiger partial charge in [-0.05, 0) is 12.1 Å². The van der Waals surface area contributed by atoms with Crippen LogP contribution in [0.4, 0.5) is 0 Å². The van der Waals surface area contributed by atoms with Crippen molar-refractivity contribution in [3.05, 3.63) is 28.2 Å². The fraction of sp³-hybridized carbons (Fsp3) is 0.125. The summed E-state index contributed by atoms with van der Waals surface area (Å²) in [5.41, 5.74) is 5.52. The Morgan fingerprint density at radius 1 is 1.54 bits per heavy atom. The van der Waals surface area contributed by atoms with E-state index in [0.717, 1.165) is 0 Å². The Labute approximate surface area is 83.1 Å². The zero-order valence-electron chi connectivity index (χ0n) is 6.57. The number of hydrogen-bond donors (Lipinski definition) is 3. The average Bonchev–Trinajstić information content (AvgIpc) is 2.03. The van der Waals surface area contributed by atoms with Gasteiger partial charge in [0.2, 0.25) is 0 Å². The van der Waals surface area contributed by atoms with E-state index in [1.807, 2.05) is 0 Å². The van der Waals surface area contributed by atoms with Crippen molar-refractivity contribution in [3.63, 3.8) is 0 Å². The normalized spacial score (nSPS) is 12.5. The van der Waals surface area contributed by atoms with Crippen LogP contribution in [0.2, 0.25) is 0 Å². The number of aliphatic carboxylic acids is 1. The second-order valence-corrected chi connectivity index (χ2v) is 3.43. The Balaban J connectivity index is 3.08. The molecule has 0 aliphatic heterocycles. The molecule has 0 spiro atoms. The van der Waals surface area contributed by atoms with Gasteiger partial charge in [-0.1, -0.05) is 22.0 Å². The topological polar surface area (TPSA) is 83.6 Å². The smallest absolute Gasteiger partial charge is 0.325 e. The van der Waals surface area contributed by atoms with Gasteiger partial charge in [-0.25, -0.2) is 0 Å². The predicted molar refractivity (Wildman–Crippen MR) is 50.4 cm³/mol. The van der Waals surface area contributed by atoms with Crippen LogP contribution in [0.15, 0.2) is 22.7 Å². The van der Waals surface area contributed by atoms with Gasteiger partial charge in [0.25, 0.3) is 0 Å². The van der Waals surface area contributed by atoms with E-state index < -0.39 is 12.0 Å². The number of phenolic OH excluding ortho intramolecular Hbond substituents is 1. The van der Waals surface area contributed by atoms with Crippen molar-refractivity contribution in [2.45, 2.75) is 6.04 Å². The minimum atomic E-state index is -1.19. The molecule has 0 radical (unpaired) electrons. The van der Waals surface area contributed by atoms with E-state index in [1.165, 1.54) is 12.1 Å². The number of halogens is 1. The highest BCUT2D eigenvalue weighted by molar-refractivity contribution is 9.10. The number of carboxylic acids is 1. The Kier molecular flexibility index (Phi) is 2.90. The molecular weight excluding hydrogens is 238 g/mol. The van der Waals surface area contributed by atoms with E-state index >= 15 is 0 Å². The highest BCUT2D eigenvalue weighted by atomic mass is 79.9. The molecule has 0 amide bonds. The second-order valence-electron chi connectivity index (χ2n) is 2.52. The third-order valence-electron chi connectivity index (χ3n) is 1.59. The van der Waals surface area contributed by atoms with Crippen molar-refractivity contribution in [3.8, 4) is 5.75 Å². The summed E-state index contributed by atoms with van der Waals surface area (Å²) in [5.74, 6) is -1.29. The standard InChI is InChI=1S/C8H8BrNO3/c9-4-1-2-5(6(11)3-4)7(10)8(12)13/h1-3,7,11H,10H2,(H,12,13). The zero-order chi connectivity index (χ0) is 10.0. The number of carboxylic acid groups (broad SMARTS) is 1. The van der Waals surface area contributed by atoms with Gasteiger partial charge >= 0.3 is 5.97 Å². The van der Waals surface area contributed by atoms with Crippen LogP contribution in [0.1, 0.15) is 11.6 Å². The number of phenols is 1. The number of rotatable bonds is 2. The monoisotopic (exact) mass is 245 g/mol. The molecule has 1 unspecified atom stereocenters. The Bertz CT molecular complexity index is 340. The molecule has 0 saturated heterocycles. The summed E-state index contributed by atoms with van der Waals surface area (Å²) in [6.07, 6.45) is 0. The van der Waals surface area contributed by atoms with E-state index in [0.29, 0.717) is 4.47 Å². The number of aromatic hydroxyl groups is 1. The van der Waals surface area contributed by atoms with Gasteiger partial charge in [-0.3, -0.25) is 4.79 Å². The van der Waals surface area contributed by atoms with Crippen molar-refractivity contribution in [2.24, 2.45) is 5.73 Å². The van der Waals surface area contributed by atoms with Crippen LogP contribution in [0.3, 0.4) is 0 Å². The third kappa shape index (κ3) is 2.19. The quantitative estimate of drug-likeness (QED) is 0.732. The van der Waals surface area contributed by atoms with Gasteiger partial charge in [0.15, 0.2) is 0 Å². The van der Waals surface area contributed by atoms with E-state index in [9.17, 15) is 9.90 Å². The molecule has 0 aliphatic carbocycles. The van der Waals surface area contributed by atoms with Crippen LogP contribution in [-0.4, -0.2) is 16.2 Å². The summed E-state index contributed by atoms with van der Waals surface area (Å²) < 4.78 is 0.673. The summed E-state index contributed by atoms with van der Waals surface area (Å²) in [7, 11) is 0. The summed E-state index contributed by atoms with van der Waals surface area (Å²) in [6, 6.07) is 3.31. The number of carbonyl (C=O) groups is 1. The molecule has 4 N–H and O–H groups in total. The molecule has 0 fully saturated rings. The van der Waals surface area contributed by atoms with E-state index in [-0.39, 0.29) is 11.3 Å². The van der Waals surface area contributed by atoms with Gasteiger partial charge < -0.3 is 15.9 Å². The minimum Gasteiger partial charge on any atom is -0.508 e. The van der Waals surface area contributed by atoms with Crippen molar-refractivity contribution in [2.75, 3.05) is 0 Å². The summed E-state index contributed by atoms with van der Waals surface area (Å²) in [4.78, 5) is 10.5. The molecule has 1 atom stereocenters. The first-order chi connectivity index (χ1) is 6.02. The van der Waals surface area contributed by atoms with E-state index in [4.69, 9.17) is 10.8 Å². The first-order valence-corrected chi connectivity index (χ1v) is 4.28. The molecule has 0 saturated carbocycles. The van der Waals surface area contributed by atoms with Gasteiger partial charge in [-0.15, -0.1) is 0 Å².